The summed E-state index contributed by atoms with van der Waals surface area (Å²) in [5.74, 6) is 0.602. The zero-order chi connectivity index (χ0) is 16.2. The smallest absolute Gasteiger partial charge is 0.0991 e. The van der Waals surface area contributed by atoms with Crippen LogP contribution in [-0.2, 0) is 6.54 Å². The molecule has 0 bridgehead atoms. The fraction of sp³-hybridized carbons (Fsp3) is 0.579. The van der Waals surface area contributed by atoms with Crippen LogP contribution in [0.15, 0.2) is 24.3 Å². The van der Waals surface area contributed by atoms with Gasteiger partial charge in [0.2, 0.25) is 0 Å². The van der Waals surface area contributed by atoms with E-state index in [4.69, 9.17) is 10.5 Å². The van der Waals surface area contributed by atoms with Gasteiger partial charge in [-0.15, -0.1) is 0 Å². The minimum absolute atomic E-state index is 0.556. The van der Waals surface area contributed by atoms with E-state index < -0.39 is 0 Å². The fourth-order valence-electron chi connectivity index (χ4n) is 2.71. The van der Waals surface area contributed by atoms with E-state index in [9.17, 15) is 0 Å². The molecule has 0 spiro atoms. The first kappa shape index (κ1) is 18.2. The Labute approximate surface area is 135 Å². The number of hydrogen-bond acceptors (Lipinski definition) is 3. The second-order valence-electron chi connectivity index (χ2n) is 5.98. The van der Waals surface area contributed by atoms with Gasteiger partial charge < -0.3 is 5.32 Å². The summed E-state index contributed by atoms with van der Waals surface area (Å²) in [6.07, 6.45) is 6.58. The second-order valence-corrected chi connectivity index (χ2v) is 5.98. The molecule has 1 aromatic rings. The Morgan fingerprint density at radius 3 is 2.41 bits per heavy atom. The van der Waals surface area contributed by atoms with Crippen molar-refractivity contribution >= 4 is 0 Å². The number of hydrogen-bond donors (Lipinski definition) is 1. The normalized spacial score (nSPS) is 20.2. The summed E-state index contributed by atoms with van der Waals surface area (Å²) >= 11 is 0. The van der Waals surface area contributed by atoms with Crippen LogP contribution < -0.4 is 5.32 Å². The standard InChI is InChI=1S/C16H19N3.C3H8/c17-9-8-13-4-6-16(7-5-13)19-12-15-3-1-2-14(10-15)11-18;1-3-2/h1-3,10,13,16,19H,4-8,12H2;3H2,1-2H3. The number of rotatable bonds is 4. The molecule has 0 unspecified atom stereocenters. The molecule has 22 heavy (non-hydrogen) atoms. The van der Waals surface area contributed by atoms with E-state index in [0.29, 0.717) is 18.4 Å². The van der Waals surface area contributed by atoms with Gasteiger partial charge in [0.05, 0.1) is 17.7 Å². The highest BCUT2D eigenvalue weighted by molar-refractivity contribution is 5.32. The molecule has 2 rings (SSSR count). The number of nitrogens with zero attached hydrogens (tertiary/aromatic N) is 2. The third-order valence-corrected chi connectivity index (χ3v) is 3.88. The van der Waals surface area contributed by atoms with Crippen LogP contribution in [0.3, 0.4) is 0 Å². The molecule has 3 nitrogen and oxygen atoms in total. The molecule has 0 heterocycles. The molecular weight excluding hydrogens is 270 g/mol. The average Bonchev–Trinajstić information content (AvgIpc) is 2.55. The highest BCUT2D eigenvalue weighted by atomic mass is 14.9. The summed E-state index contributed by atoms with van der Waals surface area (Å²) in [6, 6.07) is 12.7. The van der Waals surface area contributed by atoms with Crippen molar-refractivity contribution < 1.29 is 0 Å². The van der Waals surface area contributed by atoms with E-state index >= 15 is 0 Å². The maximum absolute atomic E-state index is 8.86. The summed E-state index contributed by atoms with van der Waals surface area (Å²) in [7, 11) is 0. The SMILES string of the molecule is CCC.N#CCC1CCC(NCc2cccc(C#N)c2)CC1. The Hall–Kier alpha value is -1.84. The summed E-state index contributed by atoms with van der Waals surface area (Å²) in [6.45, 7) is 5.07. The summed E-state index contributed by atoms with van der Waals surface area (Å²) in [5.41, 5.74) is 1.88. The molecule has 0 radical (unpaired) electrons. The molecule has 118 valence electrons. The van der Waals surface area contributed by atoms with Gasteiger partial charge in [-0.05, 0) is 49.3 Å². The first-order chi connectivity index (χ1) is 10.7. The molecule has 0 saturated heterocycles. The van der Waals surface area contributed by atoms with Crippen molar-refractivity contribution in [3.05, 3.63) is 35.4 Å². The van der Waals surface area contributed by atoms with Crippen LogP contribution in [-0.4, -0.2) is 6.04 Å². The lowest BCUT2D eigenvalue weighted by molar-refractivity contribution is 0.294. The van der Waals surface area contributed by atoms with Gasteiger partial charge in [-0.2, -0.15) is 10.5 Å². The molecule has 0 atom stereocenters. The number of benzene rings is 1. The lowest BCUT2D eigenvalue weighted by atomic mass is 9.84. The number of nitriles is 2. The van der Waals surface area contributed by atoms with Crippen LogP contribution in [0, 0.1) is 28.6 Å². The largest absolute Gasteiger partial charge is 0.310 e. The molecule has 0 amide bonds. The van der Waals surface area contributed by atoms with E-state index in [0.717, 1.165) is 43.4 Å². The Morgan fingerprint density at radius 1 is 1.14 bits per heavy atom. The highest BCUT2D eigenvalue weighted by Crippen LogP contribution is 2.26. The molecule has 1 aliphatic carbocycles. The van der Waals surface area contributed by atoms with Crippen molar-refractivity contribution in [1.82, 2.24) is 5.32 Å². The van der Waals surface area contributed by atoms with E-state index in [1.54, 1.807) is 0 Å². The van der Waals surface area contributed by atoms with Crippen LogP contribution in [0.2, 0.25) is 0 Å². The van der Waals surface area contributed by atoms with Gasteiger partial charge in [0.25, 0.3) is 0 Å². The van der Waals surface area contributed by atoms with E-state index in [2.05, 4.69) is 37.4 Å². The molecule has 3 heteroatoms. The minimum Gasteiger partial charge on any atom is -0.310 e. The lowest BCUT2D eigenvalue weighted by Crippen LogP contribution is -2.32. The van der Waals surface area contributed by atoms with Crippen LogP contribution in [0.5, 0.6) is 0 Å². The van der Waals surface area contributed by atoms with Crippen LogP contribution in [0.25, 0.3) is 0 Å². The molecule has 1 fully saturated rings. The third-order valence-electron chi connectivity index (χ3n) is 3.88. The monoisotopic (exact) mass is 297 g/mol. The topological polar surface area (TPSA) is 59.6 Å². The molecule has 1 saturated carbocycles. The second kappa shape index (κ2) is 10.8. The van der Waals surface area contributed by atoms with Gasteiger partial charge in [0, 0.05) is 19.0 Å². The van der Waals surface area contributed by atoms with Crippen LogP contribution >= 0.6 is 0 Å². The molecule has 1 aromatic carbocycles. The zero-order valence-electron chi connectivity index (χ0n) is 13.8. The quantitative estimate of drug-likeness (QED) is 0.887. The predicted molar refractivity (Wildman–Crippen MR) is 89.9 cm³/mol. The zero-order valence-corrected chi connectivity index (χ0v) is 13.8. The molecule has 0 aromatic heterocycles. The van der Waals surface area contributed by atoms with Gasteiger partial charge in [0.15, 0.2) is 0 Å². The van der Waals surface area contributed by atoms with Crippen molar-refractivity contribution in [2.45, 2.75) is 65.0 Å². The number of nitrogens with one attached hydrogen (secondary N) is 1. The van der Waals surface area contributed by atoms with Gasteiger partial charge in [-0.1, -0.05) is 32.4 Å². The molecule has 1 aliphatic rings. The Kier molecular flexibility index (Phi) is 8.96. The summed E-state index contributed by atoms with van der Waals surface area (Å²) in [4.78, 5) is 0. The highest BCUT2D eigenvalue weighted by Gasteiger charge is 2.20. The lowest BCUT2D eigenvalue weighted by Gasteiger charge is -2.28. The first-order valence-corrected chi connectivity index (χ1v) is 8.32. The van der Waals surface area contributed by atoms with Crippen molar-refractivity contribution in [1.29, 1.82) is 10.5 Å². The first-order valence-electron chi connectivity index (χ1n) is 8.32. The van der Waals surface area contributed by atoms with Gasteiger partial charge in [-0.3, -0.25) is 0 Å². The molecule has 1 N–H and O–H groups in total. The van der Waals surface area contributed by atoms with Gasteiger partial charge in [0.1, 0.15) is 0 Å². The molecular formula is C19H27N3. The summed E-state index contributed by atoms with van der Waals surface area (Å²) < 4.78 is 0. The van der Waals surface area contributed by atoms with Crippen molar-refractivity contribution in [2.24, 2.45) is 5.92 Å². The fourth-order valence-corrected chi connectivity index (χ4v) is 2.71. The average molecular weight is 297 g/mol. The maximum atomic E-state index is 8.86. The minimum atomic E-state index is 0.556. The van der Waals surface area contributed by atoms with Crippen molar-refractivity contribution in [3.63, 3.8) is 0 Å². The van der Waals surface area contributed by atoms with Gasteiger partial charge in [-0.25, -0.2) is 0 Å². The summed E-state index contributed by atoms with van der Waals surface area (Å²) in [5, 5.41) is 21.1. The predicted octanol–water partition coefficient (Wildman–Crippen LogP) is 4.54. The maximum Gasteiger partial charge on any atom is 0.0991 e. The Morgan fingerprint density at radius 2 is 1.82 bits per heavy atom. The van der Waals surface area contributed by atoms with Crippen LogP contribution in [0.4, 0.5) is 0 Å². The Bertz CT molecular complexity index is 502. The van der Waals surface area contributed by atoms with Gasteiger partial charge >= 0.3 is 0 Å². The van der Waals surface area contributed by atoms with E-state index in [1.807, 2.05) is 18.2 Å². The van der Waals surface area contributed by atoms with Crippen LogP contribution in [0.1, 0.15) is 63.5 Å². The third kappa shape index (κ3) is 6.74. The van der Waals surface area contributed by atoms with E-state index in [-0.39, 0.29) is 0 Å². The van der Waals surface area contributed by atoms with Crippen molar-refractivity contribution in [2.75, 3.05) is 0 Å². The Balaban J connectivity index is 0.000000745. The molecule has 0 aliphatic heterocycles. The van der Waals surface area contributed by atoms with Crippen molar-refractivity contribution in [3.8, 4) is 12.1 Å². The van der Waals surface area contributed by atoms with E-state index in [1.165, 1.54) is 6.42 Å².